The van der Waals surface area contributed by atoms with Gasteiger partial charge in [-0.3, -0.25) is 4.79 Å². The number of benzene rings is 1. The molecule has 0 radical (unpaired) electrons. The number of hydrogen-bond donors (Lipinski definition) is 2. The molecular formula is C14H22N2O2. The molecule has 1 aromatic carbocycles. The molecule has 0 aliphatic carbocycles. The first-order valence-electron chi connectivity index (χ1n) is 6.21. The van der Waals surface area contributed by atoms with Crippen molar-refractivity contribution in [3.05, 3.63) is 29.8 Å². The topological polar surface area (TPSA) is 64.3 Å². The molecule has 3 N–H and O–H groups in total. The molecule has 0 aliphatic rings. The molecule has 0 spiro atoms. The molecule has 4 heteroatoms. The van der Waals surface area contributed by atoms with Gasteiger partial charge in [-0.1, -0.05) is 19.1 Å². The third kappa shape index (κ3) is 4.75. The average Bonchev–Trinajstić information content (AvgIpc) is 2.37. The van der Waals surface area contributed by atoms with Gasteiger partial charge in [-0.25, -0.2) is 0 Å². The molecule has 0 saturated heterocycles. The lowest BCUT2D eigenvalue weighted by molar-refractivity contribution is -0.122. The van der Waals surface area contributed by atoms with Crippen molar-refractivity contribution >= 4 is 5.91 Å². The average molecular weight is 250 g/mol. The molecule has 0 aliphatic heterocycles. The number of nitrogens with two attached hydrogens (primary N) is 1. The minimum absolute atomic E-state index is 0.269. The normalized spacial score (nSPS) is 13.9. The molecule has 0 saturated carbocycles. The maximum Gasteiger partial charge on any atom is 0.223 e. The Balaban J connectivity index is 2.47. The number of likely N-dealkylation sites (N-methyl/N-ethyl adjacent to an activating group) is 1. The Hall–Kier alpha value is -1.55. The van der Waals surface area contributed by atoms with Crippen LogP contribution in [0.1, 0.15) is 19.4 Å². The Labute approximate surface area is 109 Å². The van der Waals surface area contributed by atoms with E-state index < -0.39 is 0 Å². The van der Waals surface area contributed by atoms with Crippen molar-refractivity contribution in [3.8, 4) is 5.75 Å². The van der Waals surface area contributed by atoms with Gasteiger partial charge in [0.2, 0.25) is 5.91 Å². The van der Waals surface area contributed by atoms with Gasteiger partial charge < -0.3 is 15.8 Å². The Morgan fingerprint density at radius 1 is 1.33 bits per heavy atom. The van der Waals surface area contributed by atoms with Crippen molar-refractivity contribution < 1.29 is 9.53 Å². The Morgan fingerprint density at radius 3 is 2.44 bits per heavy atom. The summed E-state index contributed by atoms with van der Waals surface area (Å²) in [6.07, 6.45) is 0.981. The van der Waals surface area contributed by atoms with Crippen molar-refractivity contribution in [2.45, 2.75) is 26.3 Å². The van der Waals surface area contributed by atoms with Gasteiger partial charge >= 0.3 is 0 Å². The van der Waals surface area contributed by atoms with Gasteiger partial charge in [-0.2, -0.15) is 0 Å². The van der Waals surface area contributed by atoms with E-state index in [1.807, 2.05) is 31.3 Å². The van der Waals surface area contributed by atoms with Crippen LogP contribution in [0.25, 0.3) is 0 Å². The summed E-state index contributed by atoms with van der Waals surface area (Å²) in [5, 5.41) is 3.20. The second-order valence-corrected chi connectivity index (χ2v) is 4.65. The Kier molecular flexibility index (Phi) is 5.65. The lowest BCUT2D eigenvalue weighted by Gasteiger charge is -2.12. The SMILES string of the molecule is CNC(C)Cc1ccc(OCC(C)C(N)=O)cc1. The first-order valence-corrected chi connectivity index (χ1v) is 6.21. The van der Waals surface area contributed by atoms with E-state index in [0.29, 0.717) is 12.6 Å². The zero-order valence-electron chi connectivity index (χ0n) is 11.3. The summed E-state index contributed by atoms with van der Waals surface area (Å²) in [7, 11) is 1.95. The smallest absolute Gasteiger partial charge is 0.223 e. The van der Waals surface area contributed by atoms with Crippen LogP contribution in [0.2, 0.25) is 0 Å². The highest BCUT2D eigenvalue weighted by Crippen LogP contribution is 2.14. The number of primary amides is 1. The number of rotatable bonds is 7. The lowest BCUT2D eigenvalue weighted by atomic mass is 10.1. The monoisotopic (exact) mass is 250 g/mol. The third-order valence-electron chi connectivity index (χ3n) is 2.94. The molecule has 1 amide bonds. The fraction of sp³-hybridized carbons (Fsp3) is 0.500. The van der Waals surface area contributed by atoms with Crippen LogP contribution in [0.15, 0.2) is 24.3 Å². The summed E-state index contributed by atoms with van der Waals surface area (Å²) in [6, 6.07) is 8.37. The zero-order valence-corrected chi connectivity index (χ0v) is 11.3. The standard InChI is InChI=1S/C14H22N2O2/c1-10(14(15)17)9-18-13-6-4-12(5-7-13)8-11(2)16-3/h4-7,10-11,16H,8-9H2,1-3H3,(H2,15,17). The first-order chi connectivity index (χ1) is 8.52. The minimum atomic E-state index is -0.338. The highest BCUT2D eigenvalue weighted by Gasteiger charge is 2.09. The number of nitrogens with one attached hydrogen (secondary N) is 1. The molecular weight excluding hydrogens is 228 g/mol. The van der Waals surface area contributed by atoms with Gasteiger partial charge in [0.15, 0.2) is 0 Å². The predicted molar refractivity (Wildman–Crippen MR) is 72.5 cm³/mol. The van der Waals surface area contributed by atoms with E-state index in [4.69, 9.17) is 10.5 Å². The summed E-state index contributed by atoms with van der Waals surface area (Å²) in [4.78, 5) is 10.9. The Morgan fingerprint density at radius 2 is 1.94 bits per heavy atom. The Bertz CT molecular complexity index is 376. The summed E-state index contributed by atoms with van der Waals surface area (Å²) in [5.41, 5.74) is 6.43. The van der Waals surface area contributed by atoms with Crippen molar-refractivity contribution in [2.75, 3.05) is 13.7 Å². The number of ether oxygens (including phenoxy) is 1. The molecule has 4 nitrogen and oxygen atoms in total. The molecule has 2 atom stereocenters. The zero-order chi connectivity index (χ0) is 13.5. The minimum Gasteiger partial charge on any atom is -0.493 e. The van der Waals surface area contributed by atoms with Crippen LogP contribution >= 0.6 is 0 Å². The van der Waals surface area contributed by atoms with Gasteiger partial charge in [-0.05, 0) is 38.1 Å². The molecule has 0 heterocycles. The van der Waals surface area contributed by atoms with E-state index in [1.165, 1.54) is 5.56 Å². The van der Waals surface area contributed by atoms with E-state index in [-0.39, 0.29) is 11.8 Å². The van der Waals surface area contributed by atoms with Crippen LogP contribution in [0.3, 0.4) is 0 Å². The highest BCUT2D eigenvalue weighted by molar-refractivity contribution is 5.76. The summed E-state index contributed by atoms with van der Waals surface area (Å²) in [5.74, 6) is 0.160. The van der Waals surface area contributed by atoms with Gasteiger partial charge in [0, 0.05) is 6.04 Å². The number of carbonyl (C=O) groups excluding carboxylic acids is 1. The van der Waals surface area contributed by atoms with Crippen molar-refractivity contribution in [1.29, 1.82) is 0 Å². The molecule has 2 unspecified atom stereocenters. The largest absolute Gasteiger partial charge is 0.493 e. The third-order valence-corrected chi connectivity index (χ3v) is 2.94. The molecule has 1 aromatic rings. The molecule has 1 rings (SSSR count). The van der Waals surface area contributed by atoms with Crippen LogP contribution in [-0.4, -0.2) is 25.6 Å². The summed E-state index contributed by atoms with van der Waals surface area (Å²) in [6.45, 7) is 4.21. The quantitative estimate of drug-likeness (QED) is 0.767. The predicted octanol–water partition coefficient (Wildman–Crippen LogP) is 1.34. The van der Waals surface area contributed by atoms with Crippen molar-refractivity contribution in [1.82, 2.24) is 5.32 Å². The van der Waals surface area contributed by atoms with Crippen LogP contribution in [0.4, 0.5) is 0 Å². The molecule has 100 valence electrons. The second kappa shape index (κ2) is 7.01. The molecule has 0 fully saturated rings. The van der Waals surface area contributed by atoms with Gasteiger partial charge in [0.1, 0.15) is 5.75 Å². The highest BCUT2D eigenvalue weighted by atomic mass is 16.5. The maximum atomic E-state index is 10.9. The van der Waals surface area contributed by atoms with Gasteiger partial charge in [0.25, 0.3) is 0 Å². The summed E-state index contributed by atoms with van der Waals surface area (Å²) < 4.78 is 5.50. The molecule has 18 heavy (non-hydrogen) atoms. The number of hydrogen-bond acceptors (Lipinski definition) is 3. The van der Waals surface area contributed by atoms with Crippen LogP contribution in [0, 0.1) is 5.92 Å². The van der Waals surface area contributed by atoms with E-state index in [1.54, 1.807) is 6.92 Å². The van der Waals surface area contributed by atoms with Gasteiger partial charge in [-0.15, -0.1) is 0 Å². The van der Waals surface area contributed by atoms with Crippen LogP contribution < -0.4 is 15.8 Å². The number of carbonyl (C=O) groups is 1. The maximum absolute atomic E-state index is 10.9. The van der Waals surface area contributed by atoms with Crippen LogP contribution in [0.5, 0.6) is 5.75 Å². The lowest BCUT2D eigenvalue weighted by Crippen LogP contribution is -2.25. The molecule has 0 bridgehead atoms. The van der Waals surface area contributed by atoms with Crippen molar-refractivity contribution in [2.24, 2.45) is 11.7 Å². The van der Waals surface area contributed by atoms with E-state index in [0.717, 1.165) is 12.2 Å². The fourth-order valence-corrected chi connectivity index (χ4v) is 1.48. The molecule has 0 aromatic heterocycles. The second-order valence-electron chi connectivity index (χ2n) is 4.65. The van der Waals surface area contributed by atoms with Crippen LogP contribution in [-0.2, 0) is 11.2 Å². The van der Waals surface area contributed by atoms with E-state index in [9.17, 15) is 4.79 Å². The fourth-order valence-electron chi connectivity index (χ4n) is 1.48. The van der Waals surface area contributed by atoms with Crippen molar-refractivity contribution in [3.63, 3.8) is 0 Å². The number of amides is 1. The first kappa shape index (κ1) is 14.5. The van der Waals surface area contributed by atoms with E-state index in [2.05, 4.69) is 12.2 Å². The summed E-state index contributed by atoms with van der Waals surface area (Å²) >= 11 is 0. The van der Waals surface area contributed by atoms with E-state index >= 15 is 0 Å². The van der Waals surface area contributed by atoms with Gasteiger partial charge in [0.05, 0.1) is 12.5 Å².